The number of nitrogens with one attached hydrogen (secondary N) is 1. The maximum absolute atomic E-state index is 13.7. The second kappa shape index (κ2) is 5.25. The minimum absolute atomic E-state index is 0.0864. The van der Waals surface area contributed by atoms with Gasteiger partial charge in [0.25, 0.3) is 5.91 Å². The Hall–Kier alpha value is -2.28. The third kappa shape index (κ3) is 2.40. The van der Waals surface area contributed by atoms with E-state index in [2.05, 4.69) is 15.5 Å². The van der Waals surface area contributed by atoms with Crippen LogP contribution in [0.3, 0.4) is 0 Å². The molecule has 0 aliphatic heterocycles. The number of furan rings is 1. The van der Waals surface area contributed by atoms with Gasteiger partial charge in [0, 0.05) is 10.9 Å². The summed E-state index contributed by atoms with van der Waals surface area (Å²) < 4.78 is 19.0. The highest BCUT2D eigenvalue weighted by Gasteiger charge is 2.20. The molecule has 0 saturated carbocycles. The van der Waals surface area contributed by atoms with Gasteiger partial charge in [0.15, 0.2) is 17.2 Å². The van der Waals surface area contributed by atoms with E-state index in [-0.39, 0.29) is 11.3 Å². The molecule has 0 fully saturated rings. The summed E-state index contributed by atoms with van der Waals surface area (Å²) in [7, 11) is 0. The number of nitrogens with zero attached hydrogens (tertiary/aromatic N) is 2. The Bertz CT molecular complexity index is 825. The van der Waals surface area contributed by atoms with Crippen LogP contribution in [0, 0.1) is 12.7 Å². The number of para-hydroxylation sites is 1. The van der Waals surface area contributed by atoms with E-state index in [9.17, 15) is 9.18 Å². The van der Waals surface area contributed by atoms with Gasteiger partial charge in [-0.3, -0.25) is 10.1 Å². The quantitative estimate of drug-likeness (QED) is 0.803. The van der Waals surface area contributed by atoms with Crippen molar-refractivity contribution in [1.29, 1.82) is 0 Å². The summed E-state index contributed by atoms with van der Waals surface area (Å²) in [4.78, 5) is 12.2. The van der Waals surface area contributed by atoms with E-state index in [1.165, 1.54) is 17.4 Å². The van der Waals surface area contributed by atoms with Crippen LogP contribution in [-0.4, -0.2) is 16.1 Å². The number of amides is 1. The Morgan fingerprint density at radius 1 is 1.43 bits per heavy atom. The van der Waals surface area contributed by atoms with Crippen LogP contribution in [-0.2, 0) is 6.42 Å². The molecule has 21 heavy (non-hydrogen) atoms. The molecule has 0 saturated heterocycles. The van der Waals surface area contributed by atoms with Crippen molar-refractivity contribution in [3.63, 3.8) is 0 Å². The van der Waals surface area contributed by atoms with E-state index in [1.807, 2.05) is 6.92 Å². The van der Waals surface area contributed by atoms with Crippen molar-refractivity contribution in [2.24, 2.45) is 0 Å². The minimum Gasteiger partial charge on any atom is -0.448 e. The van der Waals surface area contributed by atoms with E-state index in [4.69, 9.17) is 4.42 Å². The predicted octanol–water partition coefficient (Wildman–Crippen LogP) is 3.55. The summed E-state index contributed by atoms with van der Waals surface area (Å²) in [6, 6.07) is 4.60. The zero-order valence-corrected chi connectivity index (χ0v) is 12.3. The van der Waals surface area contributed by atoms with Gasteiger partial charge in [-0.05, 0) is 19.4 Å². The topological polar surface area (TPSA) is 68.0 Å². The molecule has 0 bridgehead atoms. The standard InChI is InChI=1S/C14H12FN3O2S/c1-3-10-17-18-14(21-10)16-13(19)11-7(2)8-5-4-6-9(15)12(8)20-11/h4-6H,3H2,1-2H3,(H,16,18,19). The molecule has 3 aromatic rings. The molecule has 0 radical (unpaired) electrons. The average molecular weight is 305 g/mol. The highest BCUT2D eigenvalue weighted by atomic mass is 32.1. The molecule has 0 atom stereocenters. The van der Waals surface area contributed by atoms with Gasteiger partial charge < -0.3 is 4.42 Å². The van der Waals surface area contributed by atoms with E-state index < -0.39 is 11.7 Å². The van der Waals surface area contributed by atoms with Crippen molar-refractivity contribution in [3.8, 4) is 0 Å². The smallest absolute Gasteiger partial charge is 0.293 e. The molecule has 0 aliphatic carbocycles. The number of carbonyl (C=O) groups is 1. The molecule has 7 heteroatoms. The zero-order chi connectivity index (χ0) is 15.0. The Labute approximate surface area is 123 Å². The summed E-state index contributed by atoms with van der Waals surface area (Å²) >= 11 is 1.30. The Morgan fingerprint density at radius 3 is 2.90 bits per heavy atom. The van der Waals surface area contributed by atoms with Crippen molar-refractivity contribution in [2.75, 3.05) is 5.32 Å². The van der Waals surface area contributed by atoms with Crippen molar-refractivity contribution in [1.82, 2.24) is 10.2 Å². The Balaban J connectivity index is 1.94. The lowest BCUT2D eigenvalue weighted by molar-refractivity contribution is 0.0997. The van der Waals surface area contributed by atoms with Crippen molar-refractivity contribution in [3.05, 3.63) is 40.3 Å². The summed E-state index contributed by atoms with van der Waals surface area (Å²) in [5, 5.41) is 12.2. The van der Waals surface area contributed by atoms with Crippen LogP contribution in [0.4, 0.5) is 9.52 Å². The number of anilines is 1. The highest BCUT2D eigenvalue weighted by Crippen LogP contribution is 2.28. The Morgan fingerprint density at radius 2 is 2.24 bits per heavy atom. The monoisotopic (exact) mass is 305 g/mol. The molecule has 1 N–H and O–H groups in total. The van der Waals surface area contributed by atoms with Crippen LogP contribution in [0.25, 0.3) is 11.0 Å². The molecule has 108 valence electrons. The first-order valence-electron chi connectivity index (χ1n) is 6.41. The Kier molecular flexibility index (Phi) is 3.42. The highest BCUT2D eigenvalue weighted by molar-refractivity contribution is 7.15. The first kappa shape index (κ1) is 13.7. The van der Waals surface area contributed by atoms with Gasteiger partial charge in [-0.25, -0.2) is 4.39 Å². The second-order valence-electron chi connectivity index (χ2n) is 4.48. The molecule has 0 aliphatic rings. The van der Waals surface area contributed by atoms with E-state index >= 15 is 0 Å². The lowest BCUT2D eigenvalue weighted by Gasteiger charge is -1.98. The first-order valence-corrected chi connectivity index (χ1v) is 7.23. The predicted molar refractivity (Wildman–Crippen MR) is 78.1 cm³/mol. The fourth-order valence-electron chi connectivity index (χ4n) is 2.03. The lowest BCUT2D eigenvalue weighted by Crippen LogP contribution is -2.11. The van der Waals surface area contributed by atoms with Gasteiger partial charge in [0.05, 0.1) is 0 Å². The summed E-state index contributed by atoms with van der Waals surface area (Å²) in [6.07, 6.45) is 0.752. The van der Waals surface area contributed by atoms with Crippen LogP contribution in [0.15, 0.2) is 22.6 Å². The number of halogens is 1. The first-order chi connectivity index (χ1) is 10.1. The van der Waals surface area contributed by atoms with Gasteiger partial charge in [0.2, 0.25) is 5.13 Å². The lowest BCUT2D eigenvalue weighted by atomic mass is 10.1. The molecule has 2 aromatic heterocycles. The molecule has 1 amide bonds. The van der Waals surface area contributed by atoms with Gasteiger partial charge in [-0.1, -0.05) is 30.4 Å². The molecule has 5 nitrogen and oxygen atoms in total. The normalized spacial score (nSPS) is 11.0. The third-order valence-electron chi connectivity index (χ3n) is 3.11. The van der Waals surface area contributed by atoms with Crippen LogP contribution in [0.5, 0.6) is 0 Å². The maximum Gasteiger partial charge on any atom is 0.293 e. The molecule has 3 rings (SSSR count). The summed E-state index contributed by atoms with van der Waals surface area (Å²) in [5.74, 6) is -0.857. The molecule has 2 heterocycles. The number of hydrogen-bond donors (Lipinski definition) is 1. The fraction of sp³-hybridized carbons (Fsp3) is 0.214. The van der Waals surface area contributed by atoms with Crippen molar-refractivity contribution < 1.29 is 13.6 Å². The van der Waals surface area contributed by atoms with Crippen LogP contribution >= 0.6 is 11.3 Å². The van der Waals surface area contributed by atoms with Gasteiger partial charge >= 0.3 is 0 Å². The maximum atomic E-state index is 13.7. The van der Waals surface area contributed by atoms with Crippen LogP contribution in [0.1, 0.15) is 28.0 Å². The van der Waals surface area contributed by atoms with Gasteiger partial charge in [0.1, 0.15) is 5.01 Å². The zero-order valence-electron chi connectivity index (χ0n) is 11.4. The SMILES string of the molecule is CCc1nnc(NC(=O)c2oc3c(F)cccc3c2C)s1. The molecule has 0 spiro atoms. The molecular weight excluding hydrogens is 293 g/mol. The number of carbonyl (C=O) groups excluding carboxylic acids is 1. The van der Waals surface area contributed by atoms with E-state index in [0.29, 0.717) is 16.1 Å². The third-order valence-corrected chi connectivity index (χ3v) is 4.09. The van der Waals surface area contributed by atoms with Gasteiger partial charge in [-0.15, -0.1) is 10.2 Å². The number of benzene rings is 1. The largest absolute Gasteiger partial charge is 0.448 e. The second-order valence-corrected chi connectivity index (χ2v) is 5.54. The van der Waals surface area contributed by atoms with Crippen LogP contribution < -0.4 is 5.32 Å². The minimum atomic E-state index is -0.487. The summed E-state index contributed by atoms with van der Waals surface area (Å²) in [5.41, 5.74) is 0.689. The van der Waals surface area contributed by atoms with Crippen molar-refractivity contribution in [2.45, 2.75) is 20.3 Å². The van der Waals surface area contributed by atoms with Gasteiger partial charge in [-0.2, -0.15) is 0 Å². The van der Waals surface area contributed by atoms with E-state index in [1.54, 1.807) is 19.1 Å². The average Bonchev–Trinajstić information content (AvgIpc) is 3.05. The number of hydrogen-bond acceptors (Lipinski definition) is 5. The van der Waals surface area contributed by atoms with Crippen molar-refractivity contribution >= 4 is 33.3 Å². The number of fused-ring (bicyclic) bond motifs is 1. The molecule has 1 aromatic carbocycles. The molecular formula is C14H12FN3O2S. The summed E-state index contributed by atoms with van der Waals surface area (Å²) in [6.45, 7) is 3.68. The molecule has 0 unspecified atom stereocenters. The van der Waals surface area contributed by atoms with Crippen LogP contribution in [0.2, 0.25) is 0 Å². The number of aryl methyl sites for hydroxylation is 2. The number of rotatable bonds is 3. The van der Waals surface area contributed by atoms with E-state index in [0.717, 1.165) is 11.4 Å². The number of aromatic nitrogens is 2. The fourth-order valence-corrected chi connectivity index (χ4v) is 2.70.